The van der Waals surface area contributed by atoms with Crippen molar-refractivity contribution in [3.8, 4) is 0 Å². The van der Waals surface area contributed by atoms with E-state index in [9.17, 15) is 19.5 Å². The summed E-state index contributed by atoms with van der Waals surface area (Å²) in [4.78, 5) is 35.9. The van der Waals surface area contributed by atoms with E-state index in [1.807, 2.05) is 6.92 Å². The predicted octanol–water partition coefficient (Wildman–Crippen LogP) is 1.49. The molecule has 4 fully saturated rings. The van der Waals surface area contributed by atoms with Crippen LogP contribution in [0.1, 0.15) is 58.3 Å². The summed E-state index contributed by atoms with van der Waals surface area (Å²) < 4.78 is 5.22. The van der Waals surface area contributed by atoms with Gasteiger partial charge < -0.3 is 15.2 Å². The number of carbonyl (C=O) groups excluding carboxylic acids is 3. The zero-order valence-corrected chi connectivity index (χ0v) is 14.8. The van der Waals surface area contributed by atoms with Gasteiger partial charge in [-0.15, -0.1) is 0 Å². The Balaban J connectivity index is 1.48. The number of hydrogen-bond donors (Lipinski definition) is 3. The van der Waals surface area contributed by atoms with Gasteiger partial charge in [0.05, 0.1) is 11.0 Å². The van der Waals surface area contributed by atoms with Crippen LogP contribution in [0.3, 0.4) is 0 Å². The van der Waals surface area contributed by atoms with Gasteiger partial charge in [-0.3, -0.25) is 14.9 Å². The lowest BCUT2D eigenvalue weighted by molar-refractivity contribution is -0.196. The number of aliphatic hydroxyl groups is 1. The van der Waals surface area contributed by atoms with E-state index in [0.29, 0.717) is 24.8 Å². The van der Waals surface area contributed by atoms with Crippen molar-refractivity contribution in [2.75, 3.05) is 13.2 Å². The zero-order chi connectivity index (χ0) is 18.1. The van der Waals surface area contributed by atoms with Gasteiger partial charge in [0, 0.05) is 6.54 Å². The number of nitrogens with one attached hydrogen (secondary N) is 2. The second-order valence-corrected chi connectivity index (χ2v) is 8.20. The highest BCUT2D eigenvalue weighted by molar-refractivity contribution is 5.95. The van der Waals surface area contributed by atoms with Crippen LogP contribution in [-0.2, 0) is 14.3 Å². The Bertz CT molecular complexity index is 548. The Kier molecular flexibility index (Phi) is 5.04. The Morgan fingerprint density at radius 3 is 2.44 bits per heavy atom. The largest absolute Gasteiger partial charge is 0.455 e. The van der Waals surface area contributed by atoms with Crippen molar-refractivity contribution in [1.29, 1.82) is 0 Å². The molecule has 0 radical (unpaired) electrons. The topological polar surface area (TPSA) is 105 Å². The van der Waals surface area contributed by atoms with E-state index in [-0.39, 0.29) is 0 Å². The number of imide groups is 1. The van der Waals surface area contributed by atoms with Crippen LogP contribution in [0.5, 0.6) is 0 Å². The molecule has 7 nitrogen and oxygen atoms in total. The molecule has 25 heavy (non-hydrogen) atoms. The normalized spacial score (nSPS) is 35.3. The lowest BCUT2D eigenvalue weighted by Crippen LogP contribution is -2.58. The van der Waals surface area contributed by atoms with Crippen molar-refractivity contribution in [3.05, 3.63) is 0 Å². The van der Waals surface area contributed by atoms with E-state index in [2.05, 4.69) is 10.6 Å². The van der Waals surface area contributed by atoms with E-state index in [1.165, 1.54) is 0 Å². The second kappa shape index (κ2) is 6.94. The first-order chi connectivity index (χ1) is 11.8. The molecule has 0 spiro atoms. The van der Waals surface area contributed by atoms with Gasteiger partial charge in [0.1, 0.15) is 0 Å². The van der Waals surface area contributed by atoms with E-state index in [0.717, 1.165) is 44.9 Å². The first kappa shape index (κ1) is 18.2. The molecular weight excluding hydrogens is 324 g/mol. The van der Waals surface area contributed by atoms with Crippen LogP contribution >= 0.6 is 0 Å². The van der Waals surface area contributed by atoms with E-state index >= 15 is 0 Å². The molecule has 2 unspecified atom stereocenters. The summed E-state index contributed by atoms with van der Waals surface area (Å²) in [6, 6.07) is -0.571. The number of urea groups is 1. The summed E-state index contributed by atoms with van der Waals surface area (Å²) in [5, 5.41) is 15.4. The molecule has 4 bridgehead atoms. The molecule has 0 aromatic rings. The van der Waals surface area contributed by atoms with Crippen molar-refractivity contribution >= 4 is 17.9 Å². The molecule has 4 aliphatic rings. The molecule has 4 saturated carbocycles. The zero-order valence-electron chi connectivity index (χ0n) is 14.8. The molecular formula is C18H28N2O5. The summed E-state index contributed by atoms with van der Waals surface area (Å²) in [6.07, 6.45) is 6.33. The Labute approximate surface area is 147 Å². The lowest BCUT2D eigenvalue weighted by atomic mass is 9.48. The van der Waals surface area contributed by atoms with Gasteiger partial charge in [-0.2, -0.15) is 0 Å². The molecule has 0 aliphatic heterocycles. The van der Waals surface area contributed by atoms with Gasteiger partial charge in [0.15, 0.2) is 6.61 Å². The fraction of sp³-hybridized carbons (Fsp3) is 0.833. The maximum atomic E-state index is 12.6. The van der Waals surface area contributed by atoms with Gasteiger partial charge in [-0.05, 0) is 56.8 Å². The fourth-order valence-electron chi connectivity index (χ4n) is 5.32. The van der Waals surface area contributed by atoms with Crippen molar-refractivity contribution in [2.45, 2.75) is 63.9 Å². The smallest absolute Gasteiger partial charge is 0.321 e. The number of amides is 3. The summed E-state index contributed by atoms with van der Waals surface area (Å²) in [7, 11) is 0. The maximum absolute atomic E-state index is 12.6. The third-order valence-corrected chi connectivity index (χ3v) is 5.87. The Hall–Kier alpha value is -1.63. The van der Waals surface area contributed by atoms with Crippen LogP contribution in [0.15, 0.2) is 0 Å². The molecule has 4 rings (SSSR count). The molecule has 4 atom stereocenters. The third-order valence-electron chi connectivity index (χ3n) is 5.87. The van der Waals surface area contributed by atoms with Gasteiger partial charge in [0.25, 0.3) is 5.91 Å². The molecule has 7 heteroatoms. The van der Waals surface area contributed by atoms with Crippen LogP contribution < -0.4 is 10.6 Å². The molecule has 4 aliphatic carbocycles. The molecule has 140 valence electrons. The second-order valence-electron chi connectivity index (χ2n) is 8.20. The number of carbonyl (C=O) groups is 3. The number of unbranched alkanes of at least 4 members (excludes halogenated alkanes) is 1. The highest BCUT2D eigenvalue weighted by atomic mass is 16.5. The molecule has 0 aromatic carbocycles. The Morgan fingerprint density at radius 1 is 1.16 bits per heavy atom. The number of rotatable bonds is 6. The van der Waals surface area contributed by atoms with Crippen LogP contribution in [-0.4, -0.2) is 41.8 Å². The molecule has 3 N–H and O–H groups in total. The first-order valence-electron chi connectivity index (χ1n) is 9.31. The fourth-order valence-corrected chi connectivity index (χ4v) is 5.32. The highest BCUT2D eigenvalue weighted by Gasteiger charge is 2.60. The molecule has 0 aromatic heterocycles. The van der Waals surface area contributed by atoms with Gasteiger partial charge >= 0.3 is 12.0 Å². The van der Waals surface area contributed by atoms with E-state index < -0.39 is 35.5 Å². The minimum atomic E-state index is -0.746. The quantitative estimate of drug-likeness (QED) is 0.496. The van der Waals surface area contributed by atoms with E-state index in [4.69, 9.17) is 4.74 Å². The van der Waals surface area contributed by atoms with Gasteiger partial charge in [-0.1, -0.05) is 13.3 Å². The van der Waals surface area contributed by atoms with Gasteiger partial charge in [0.2, 0.25) is 0 Å². The average molecular weight is 352 g/mol. The monoisotopic (exact) mass is 352 g/mol. The maximum Gasteiger partial charge on any atom is 0.321 e. The van der Waals surface area contributed by atoms with Crippen LogP contribution in [0.4, 0.5) is 4.79 Å². The summed E-state index contributed by atoms with van der Waals surface area (Å²) in [5.74, 6) is -0.290. The lowest BCUT2D eigenvalue weighted by Gasteiger charge is -2.58. The standard InChI is InChI=1S/C18H28N2O5/c1-2-3-4-19-16(23)20-14(21)10-25-15(22)17-6-12-5-13(7-17)9-18(24,8-12)11-17/h12-13,24H,2-11H2,1H3,(H2,19,20,21,23)/t12-,13+,17?,18?. The first-order valence-corrected chi connectivity index (χ1v) is 9.31. The van der Waals surface area contributed by atoms with Crippen molar-refractivity contribution in [3.63, 3.8) is 0 Å². The van der Waals surface area contributed by atoms with E-state index in [1.54, 1.807) is 0 Å². The molecule has 0 heterocycles. The van der Waals surface area contributed by atoms with Crippen LogP contribution in [0, 0.1) is 17.3 Å². The predicted molar refractivity (Wildman–Crippen MR) is 89.5 cm³/mol. The minimum absolute atomic E-state index is 0.372. The molecule has 3 amide bonds. The summed E-state index contributed by atoms with van der Waals surface area (Å²) >= 11 is 0. The number of ether oxygens (including phenoxy) is 1. The minimum Gasteiger partial charge on any atom is -0.455 e. The van der Waals surface area contributed by atoms with Crippen molar-refractivity contribution < 1.29 is 24.2 Å². The van der Waals surface area contributed by atoms with Crippen molar-refractivity contribution in [2.24, 2.45) is 17.3 Å². The van der Waals surface area contributed by atoms with Gasteiger partial charge in [-0.25, -0.2) is 4.79 Å². The summed E-state index contributed by atoms with van der Waals surface area (Å²) in [6.45, 7) is 2.04. The Morgan fingerprint density at radius 2 is 1.84 bits per heavy atom. The third kappa shape index (κ3) is 3.97. The SMILES string of the molecule is CCCCNC(=O)NC(=O)COC(=O)C12C[C@@H]3C[C@@H](CC(O)(C3)C1)C2. The number of hydrogen-bond acceptors (Lipinski definition) is 5. The summed E-state index contributed by atoms with van der Waals surface area (Å²) in [5.41, 5.74) is -1.40. The average Bonchev–Trinajstić information content (AvgIpc) is 2.50. The molecule has 0 saturated heterocycles. The van der Waals surface area contributed by atoms with Crippen LogP contribution in [0.2, 0.25) is 0 Å². The number of esters is 1. The highest BCUT2D eigenvalue weighted by Crippen LogP contribution is 2.61. The van der Waals surface area contributed by atoms with Crippen molar-refractivity contribution in [1.82, 2.24) is 10.6 Å². The van der Waals surface area contributed by atoms with Crippen LogP contribution in [0.25, 0.3) is 0 Å².